The maximum Gasteiger partial charge on any atom is 0.126 e. The Balaban J connectivity index is 2.54. The van der Waals surface area contributed by atoms with Crippen molar-refractivity contribution in [2.75, 3.05) is 0 Å². The van der Waals surface area contributed by atoms with Gasteiger partial charge in [-0.2, -0.15) is 0 Å². The fourth-order valence-electron chi connectivity index (χ4n) is 1.19. The minimum atomic E-state index is -0.625. The van der Waals surface area contributed by atoms with E-state index in [1.165, 1.54) is 18.5 Å². The molecule has 1 aromatic heterocycles. The summed E-state index contributed by atoms with van der Waals surface area (Å²) < 4.78 is 26.4. The number of nitrogens with zero attached hydrogens (tertiary/aromatic N) is 2. The summed E-state index contributed by atoms with van der Waals surface area (Å²) in [5.41, 5.74) is 0.853. The van der Waals surface area contributed by atoms with E-state index in [-0.39, 0.29) is 0 Å². The second-order valence-electron chi connectivity index (χ2n) is 2.88. The van der Waals surface area contributed by atoms with E-state index < -0.39 is 11.6 Å². The number of halogens is 3. The van der Waals surface area contributed by atoms with Gasteiger partial charge in [0.05, 0.1) is 5.69 Å². The van der Waals surface area contributed by atoms with Crippen molar-refractivity contribution in [3.8, 4) is 11.3 Å². The van der Waals surface area contributed by atoms with Gasteiger partial charge in [-0.25, -0.2) is 18.7 Å². The molecule has 2 nitrogen and oxygen atoms in total. The Kier molecular flexibility index (Phi) is 2.73. The van der Waals surface area contributed by atoms with E-state index in [1.54, 1.807) is 6.07 Å². The van der Waals surface area contributed by atoms with Crippen LogP contribution in [0.4, 0.5) is 8.78 Å². The van der Waals surface area contributed by atoms with E-state index in [0.29, 0.717) is 15.9 Å². The molecule has 0 fully saturated rings. The summed E-state index contributed by atoms with van der Waals surface area (Å²) in [7, 11) is 0. The summed E-state index contributed by atoms with van der Waals surface area (Å²) in [6, 6.07) is 4.85. The monoisotopic (exact) mass is 270 g/mol. The van der Waals surface area contributed by atoms with Gasteiger partial charge in [0, 0.05) is 11.6 Å². The molecule has 2 rings (SSSR count). The standard InChI is InChI=1S/C10H5BrF2N2/c11-10-4-9(14-5-15-10)6-1-7(12)3-8(13)2-6/h1-5H. The quantitative estimate of drug-likeness (QED) is 0.744. The zero-order chi connectivity index (χ0) is 10.8. The molecule has 0 bridgehead atoms. The van der Waals surface area contributed by atoms with Crippen LogP contribution in [0.1, 0.15) is 0 Å². The van der Waals surface area contributed by atoms with E-state index in [4.69, 9.17) is 0 Å². The van der Waals surface area contributed by atoms with Gasteiger partial charge in [0.15, 0.2) is 0 Å². The molecule has 76 valence electrons. The minimum absolute atomic E-state index is 0.385. The van der Waals surface area contributed by atoms with Crippen molar-refractivity contribution >= 4 is 15.9 Å². The molecule has 0 amide bonds. The molecule has 0 aliphatic heterocycles. The maximum atomic E-state index is 12.9. The number of hydrogen-bond acceptors (Lipinski definition) is 2. The second-order valence-corrected chi connectivity index (χ2v) is 3.70. The highest BCUT2D eigenvalue weighted by molar-refractivity contribution is 9.10. The van der Waals surface area contributed by atoms with E-state index in [0.717, 1.165) is 6.07 Å². The molecule has 1 heterocycles. The molecule has 0 unspecified atom stereocenters. The van der Waals surface area contributed by atoms with Crippen molar-refractivity contribution in [1.29, 1.82) is 0 Å². The lowest BCUT2D eigenvalue weighted by molar-refractivity contribution is 0.584. The van der Waals surface area contributed by atoms with Gasteiger partial charge in [-0.3, -0.25) is 0 Å². The van der Waals surface area contributed by atoms with Crippen LogP contribution in [0, 0.1) is 11.6 Å². The van der Waals surface area contributed by atoms with Gasteiger partial charge >= 0.3 is 0 Å². The Morgan fingerprint density at radius 3 is 2.20 bits per heavy atom. The van der Waals surface area contributed by atoms with Gasteiger partial charge in [-0.05, 0) is 34.1 Å². The summed E-state index contributed by atoms with van der Waals surface area (Å²) in [6.45, 7) is 0. The van der Waals surface area contributed by atoms with Crippen LogP contribution >= 0.6 is 15.9 Å². The first-order valence-electron chi connectivity index (χ1n) is 4.09. The fourth-order valence-corrected chi connectivity index (χ4v) is 1.50. The van der Waals surface area contributed by atoms with Crippen LogP contribution in [0.2, 0.25) is 0 Å². The highest BCUT2D eigenvalue weighted by Crippen LogP contribution is 2.21. The van der Waals surface area contributed by atoms with Gasteiger partial charge in [0.25, 0.3) is 0 Å². The van der Waals surface area contributed by atoms with E-state index in [9.17, 15) is 8.78 Å². The van der Waals surface area contributed by atoms with Crippen molar-refractivity contribution < 1.29 is 8.78 Å². The van der Waals surface area contributed by atoms with Crippen LogP contribution in [0.5, 0.6) is 0 Å². The number of aromatic nitrogens is 2. The Hall–Kier alpha value is -1.36. The van der Waals surface area contributed by atoms with Crippen LogP contribution in [0.15, 0.2) is 35.2 Å². The molecule has 1 aromatic carbocycles. The molecule has 0 aliphatic rings. The molecule has 0 aliphatic carbocycles. The zero-order valence-corrected chi connectivity index (χ0v) is 9.00. The van der Waals surface area contributed by atoms with Gasteiger partial charge in [0.2, 0.25) is 0 Å². The smallest absolute Gasteiger partial charge is 0.126 e. The average molecular weight is 271 g/mol. The van der Waals surface area contributed by atoms with Gasteiger partial charge in [-0.15, -0.1) is 0 Å². The van der Waals surface area contributed by atoms with E-state index in [1.807, 2.05) is 0 Å². The van der Waals surface area contributed by atoms with E-state index >= 15 is 0 Å². The molecule has 0 N–H and O–H groups in total. The SMILES string of the molecule is Fc1cc(F)cc(-c2cc(Br)ncn2)c1. The van der Waals surface area contributed by atoms with Crippen molar-refractivity contribution in [3.05, 3.63) is 46.8 Å². The van der Waals surface area contributed by atoms with Crippen molar-refractivity contribution in [2.45, 2.75) is 0 Å². The minimum Gasteiger partial charge on any atom is -0.236 e. The van der Waals surface area contributed by atoms with Crippen LogP contribution < -0.4 is 0 Å². The zero-order valence-electron chi connectivity index (χ0n) is 7.42. The van der Waals surface area contributed by atoms with Crippen molar-refractivity contribution in [2.24, 2.45) is 0 Å². The van der Waals surface area contributed by atoms with Gasteiger partial charge < -0.3 is 0 Å². The third kappa shape index (κ3) is 2.36. The first-order valence-corrected chi connectivity index (χ1v) is 4.88. The van der Waals surface area contributed by atoms with Crippen LogP contribution in [-0.4, -0.2) is 9.97 Å². The third-order valence-corrected chi connectivity index (χ3v) is 2.23. The number of hydrogen-bond donors (Lipinski definition) is 0. The van der Waals surface area contributed by atoms with Crippen molar-refractivity contribution in [3.63, 3.8) is 0 Å². The largest absolute Gasteiger partial charge is 0.236 e. The van der Waals surface area contributed by atoms with Crippen LogP contribution in [0.25, 0.3) is 11.3 Å². The lowest BCUT2D eigenvalue weighted by Gasteiger charge is -2.01. The first-order chi connectivity index (χ1) is 7.15. The molecule has 0 atom stereocenters. The number of rotatable bonds is 1. The molecular weight excluding hydrogens is 266 g/mol. The summed E-state index contributed by atoms with van der Waals surface area (Å²) in [5.74, 6) is -1.25. The van der Waals surface area contributed by atoms with Crippen LogP contribution in [0.3, 0.4) is 0 Å². The molecule has 5 heteroatoms. The molecule has 0 radical (unpaired) electrons. The Morgan fingerprint density at radius 1 is 0.933 bits per heavy atom. The highest BCUT2D eigenvalue weighted by Gasteiger charge is 2.04. The number of benzene rings is 1. The Morgan fingerprint density at radius 2 is 1.60 bits per heavy atom. The molecule has 0 spiro atoms. The van der Waals surface area contributed by atoms with Crippen molar-refractivity contribution in [1.82, 2.24) is 9.97 Å². The first kappa shape index (κ1) is 10.2. The fraction of sp³-hybridized carbons (Fsp3) is 0. The molecule has 2 aromatic rings. The Labute approximate surface area is 93.1 Å². The molecule has 0 saturated heterocycles. The predicted octanol–water partition coefficient (Wildman–Crippen LogP) is 3.18. The maximum absolute atomic E-state index is 12.9. The second kappa shape index (κ2) is 4.02. The predicted molar refractivity (Wildman–Crippen MR) is 55.1 cm³/mol. The normalized spacial score (nSPS) is 10.3. The summed E-state index contributed by atoms with van der Waals surface area (Å²) in [5, 5.41) is 0. The molecule has 0 saturated carbocycles. The summed E-state index contributed by atoms with van der Waals surface area (Å²) in [4.78, 5) is 7.75. The topological polar surface area (TPSA) is 25.8 Å². The summed E-state index contributed by atoms with van der Waals surface area (Å²) >= 11 is 3.16. The third-order valence-electron chi connectivity index (χ3n) is 1.79. The Bertz CT molecular complexity index is 482. The average Bonchev–Trinajstić information content (AvgIpc) is 2.16. The summed E-state index contributed by atoms with van der Waals surface area (Å²) in [6.07, 6.45) is 1.32. The molecular formula is C10H5BrF2N2. The van der Waals surface area contributed by atoms with E-state index in [2.05, 4.69) is 25.9 Å². The van der Waals surface area contributed by atoms with Gasteiger partial charge in [0.1, 0.15) is 22.6 Å². The molecule has 15 heavy (non-hydrogen) atoms. The van der Waals surface area contributed by atoms with Gasteiger partial charge in [-0.1, -0.05) is 0 Å². The van der Waals surface area contributed by atoms with Crippen LogP contribution in [-0.2, 0) is 0 Å². The lowest BCUT2D eigenvalue weighted by atomic mass is 10.1. The highest BCUT2D eigenvalue weighted by atomic mass is 79.9. The lowest BCUT2D eigenvalue weighted by Crippen LogP contribution is -1.88.